The summed E-state index contributed by atoms with van der Waals surface area (Å²) >= 11 is 0. The number of benzene rings is 4. The maximum atomic E-state index is 5.47. The summed E-state index contributed by atoms with van der Waals surface area (Å²) in [6.45, 7) is 6.52. The highest BCUT2D eigenvalue weighted by atomic mass is 16.5. The number of aromatic nitrogens is 2. The van der Waals surface area contributed by atoms with Crippen LogP contribution in [-0.4, -0.2) is 34.9 Å². The Kier molecular flexibility index (Phi) is 7.17. The van der Waals surface area contributed by atoms with Crippen molar-refractivity contribution < 1.29 is 4.74 Å². The molecule has 0 unspecified atom stereocenters. The van der Waals surface area contributed by atoms with Crippen LogP contribution >= 0.6 is 0 Å². The zero-order valence-electron chi connectivity index (χ0n) is 23.8. The van der Waals surface area contributed by atoms with E-state index in [9.17, 15) is 0 Å². The fourth-order valence-corrected chi connectivity index (χ4v) is 5.39. The quantitative estimate of drug-likeness (QED) is 0.164. The van der Waals surface area contributed by atoms with Crippen LogP contribution in [0.2, 0.25) is 0 Å². The lowest BCUT2D eigenvalue weighted by Crippen LogP contribution is -2.09. The topological polar surface area (TPSA) is 51.8 Å². The first-order valence-corrected chi connectivity index (χ1v) is 13.9. The van der Waals surface area contributed by atoms with Gasteiger partial charge in [0.2, 0.25) is 0 Å². The van der Waals surface area contributed by atoms with Crippen LogP contribution in [-0.2, 0) is 4.74 Å². The van der Waals surface area contributed by atoms with Gasteiger partial charge >= 0.3 is 0 Å². The van der Waals surface area contributed by atoms with E-state index < -0.39 is 0 Å². The molecule has 202 valence electrons. The molecule has 0 saturated heterocycles. The summed E-state index contributed by atoms with van der Waals surface area (Å²) in [5.41, 5.74) is 9.38. The molecule has 0 atom stereocenters. The van der Waals surface area contributed by atoms with Gasteiger partial charge in [0, 0.05) is 41.1 Å². The molecular weight excluding hydrogens is 504 g/mol. The van der Waals surface area contributed by atoms with Crippen LogP contribution in [0.3, 0.4) is 0 Å². The Morgan fingerprint density at radius 2 is 1.41 bits per heavy atom. The van der Waals surface area contributed by atoms with Crippen molar-refractivity contribution in [3.8, 4) is 28.1 Å². The van der Waals surface area contributed by atoms with Gasteiger partial charge in [-0.3, -0.25) is 9.98 Å². The standard InChI is InChI=1S/C36H32N4O/c1-5-37-36(39-25(3)41-4)31-22-27(28-21-24(2)38-32(23-28)26-13-7-6-8-14-26)19-20-35(31)40-33-17-11-9-15-29(33)30-16-10-12-18-34(30)40/h6-23H,5H2,1-4H3. The van der Waals surface area contributed by atoms with Crippen LogP contribution < -0.4 is 0 Å². The van der Waals surface area contributed by atoms with Crippen molar-refractivity contribution in [1.82, 2.24) is 9.55 Å². The first kappa shape index (κ1) is 26.2. The van der Waals surface area contributed by atoms with Gasteiger partial charge in [-0.2, -0.15) is 4.99 Å². The van der Waals surface area contributed by atoms with Gasteiger partial charge < -0.3 is 9.30 Å². The van der Waals surface area contributed by atoms with E-state index in [1.807, 2.05) is 39.0 Å². The molecule has 0 aliphatic carbocycles. The summed E-state index contributed by atoms with van der Waals surface area (Å²) in [6, 6.07) is 38.2. The molecule has 0 bridgehead atoms. The Morgan fingerprint density at radius 3 is 2.07 bits per heavy atom. The van der Waals surface area contributed by atoms with Crippen LogP contribution in [0.1, 0.15) is 25.1 Å². The van der Waals surface area contributed by atoms with Crippen molar-refractivity contribution in [2.45, 2.75) is 20.8 Å². The SMILES string of the molecule is CCN=C(N=C(C)OC)c1cc(-c2cc(C)nc(-c3ccccc3)c2)ccc1-n1c2ccccc2c2ccccc21. The van der Waals surface area contributed by atoms with E-state index in [4.69, 9.17) is 19.7 Å². The number of pyridine rings is 1. The molecule has 2 aromatic heterocycles. The number of para-hydroxylation sites is 2. The van der Waals surface area contributed by atoms with E-state index in [1.165, 1.54) is 10.8 Å². The third-order valence-corrected chi connectivity index (χ3v) is 7.28. The predicted molar refractivity (Wildman–Crippen MR) is 171 cm³/mol. The number of ether oxygens (including phenoxy) is 1. The molecule has 0 N–H and O–H groups in total. The second-order valence-electron chi connectivity index (χ2n) is 9.98. The molecule has 5 nitrogen and oxygen atoms in total. The van der Waals surface area contributed by atoms with Crippen molar-refractivity contribution in [2.24, 2.45) is 9.98 Å². The average Bonchev–Trinajstić information content (AvgIpc) is 3.35. The number of fused-ring (bicyclic) bond motifs is 3. The van der Waals surface area contributed by atoms with Crippen LogP contribution in [0.5, 0.6) is 0 Å². The zero-order chi connectivity index (χ0) is 28.3. The molecule has 0 saturated carbocycles. The summed E-state index contributed by atoms with van der Waals surface area (Å²) < 4.78 is 7.79. The van der Waals surface area contributed by atoms with Gasteiger partial charge in [0.25, 0.3) is 0 Å². The molecule has 5 heteroatoms. The smallest absolute Gasteiger partial charge is 0.186 e. The third-order valence-electron chi connectivity index (χ3n) is 7.28. The molecule has 0 aliphatic rings. The number of aliphatic imine (C=N–C) groups is 2. The number of aryl methyl sites for hydroxylation is 1. The number of methoxy groups -OCH3 is 1. The van der Waals surface area contributed by atoms with Gasteiger partial charge in [0.15, 0.2) is 11.7 Å². The van der Waals surface area contributed by atoms with Crippen molar-refractivity contribution in [3.05, 3.63) is 120 Å². The van der Waals surface area contributed by atoms with E-state index in [1.54, 1.807) is 7.11 Å². The molecule has 0 amide bonds. The number of amidine groups is 1. The molecule has 0 aliphatic heterocycles. The lowest BCUT2D eigenvalue weighted by molar-refractivity contribution is 0.401. The highest BCUT2D eigenvalue weighted by Crippen LogP contribution is 2.35. The van der Waals surface area contributed by atoms with Gasteiger partial charge in [0.05, 0.1) is 29.5 Å². The molecule has 0 fully saturated rings. The molecule has 6 rings (SSSR count). The summed E-state index contributed by atoms with van der Waals surface area (Å²) in [4.78, 5) is 14.5. The van der Waals surface area contributed by atoms with Gasteiger partial charge in [-0.1, -0.05) is 72.8 Å². The first-order chi connectivity index (χ1) is 20.1. The summed E-state index contributed by atoms with van der Waals surface area (Å²) in [6.07, 6.45) is 0. The van der Waals surface area contributed by atoms with Crippen molar-refractivity contribution in [1.29, 1.82) is 0 Å². The Bertz CT molecular complexity index is 1880. The molecule has 6 aromatic rings. The molecule has 0 spiro atoms. The van der Waals surface area contributed by atoms with Crippen molar-refractivity contribution >= 4 is 33.5 Å². The number of nitrogens with zero attached hydrogens (tertiary/aromatic N) is 4. The lowest BCUT2D eigenvalue weighted by atomic mass is 9.99. The van der Waals surface area contributed by atoms with Crippen molar-refractivity contribution in [3.63, 3.8) is 0 Å². The lowest BCUT2D eigenvalue weighted by Gasteiger charge is -2.16. The second-order valence-corrected chi connectivity index (χ2v) is 9.98. The average molecular weight is 537 g/mol. The zero-order valence-corrected chi connectivity index (χ0v) is 23.8. The predicted octanol–water partition coefficient (Wildman–Crippen LogP) is 8.65. The van der Waals surface area contributed by atoms with Crippen LogP contribution in [0.15, 0.2) is 119 Å². The van der Waals surface area contributed by atoms with Gasteiger partial charge in [0.1, 0.15) is 0 Å². The highest BCUT2D eigenvalue weighted by Gasteiger charge is 2.19. The summed E-state index contributed by atoms with van der Waals surface area (Å²) in [5, 5.41) is 2.42. The Morgan fingerprint density at radius 1 is 0.756 bits per heavy atom. The van der Waals surface area contributed by atoms with E-state index in [2.05, 4.69) is 95.6 Å². The van der Waals surface area contributed by atoms with E-state index in [0.29, 0.717) is 18.3 Å². The first-order valence-electron chi connectivity index (χ1n) is 13.9. The van der Waals surface area contributed by atoms with Crippen LogP contribution in [0.25, 0.3) is 49.9 Å². The fraction of sp³-hybridized carbons (Fsp3) is 0.139. The minimum atomic E-state index is 0.557. The van der Waals surface area contributed by atoms with Gasteiger partial charge in [-0.05, 0) is 61.4 Å². The van der Waals surface area contributed by atoms with Crippen LogP contribution in [0.4, 0.5) is 0 Å². The molecule has 41 heavy (non-hydrogen) atoms. The van der Waals surface area contributed by atoms with E-state index >= 15 is 0 Å². The summed E-state index contributed by atoms with van der Waals surface area (Å²) in [5.74, 6) is 1.20. The summed E-state index contributed by atoms with van der Waals surface area (Å²) in [7, 11) is 1.64. The van der Waals surface area contributed by atoms with E-state index in [-0.39, 0.29) is 0 Å². The number of hydrogen-bond acceptors (Lipinski definition) is 3. The Balaban J connectivity index is 1.63. The normalized spacial score (nSPS) is 12.3. The maximum Gasteiger partial charge on any atom is 0.186 e. The monoisotopic (exact) mass is 536 g/mol. The maximum absolute atomic E-state index is 5.47. The van der Waals surface area contributed by atoms with Crippen LogP contribution in [0, 0.1) is 6.92 Å². The minimum absolute atomic E-state index is 0.557. The van der Waals surface area contributed by atoms with E-state index in [0.717, 1.165) is 50.4 Å². The number of hydrogen-bond donors (Lipinski definition) is 0. The highest BCUT2D eigenvalue weighted by molar-refractivity contribution is 6.12. The van der Waals surface area contributed by atoms with Gasteiger partial charge in [-0.15, -0.1) is 0 Å². The number of rotatable bonds is 5. The molecule has 2 heterocycles. The minimum Gasteiger partial charge on any atom is -0.484 e. The third kappa shape index (κ3) is 5.03. The fourth-order valence-electron chi connectivity index (χ4n) is 5.39. The second kappa shape index (κ2) is 11.2. The molecule has 0 radical (unpaired) electrons. The molecule has 4 aromatic carbocycles. The Labute approximate surface area is 240 Å². The largest absolute Gasteiger partial charge is 0.484 e. The van der Waals surface area contributed by atoms with Gasteiger partial charge in [-0.25, -0.2) is 0 Å². The Hall–Kier alpha value is -5.03. The van der Waals surface area contributed by atoms with Crippen molar-refractivity contribution in [2.75, 3.05) is 13.7 Å². The molecular formula is C36H32N4O.